The Balaban J connectivity index is 0.705. The number of para-hydroxylation sites is 2. The number of nitrogens with two attached hydrogens (primary N) is 1. The summed E-state index contributed by atoms with van der Waals surface area (Å²) in [7, 11) is 0. The van der Waals surface area contributed by atoms with Crippen LogP contribution in [-0.2, 0) is 14.4 Å². The summed E-state index contributed by atoms with van der Waals surface area (Å²) in [5.41, 5.74) is 11.6. The summed E-state index contributed by atoms with van der Waals surface area (Å²) >= 11 is 0. The van der Waals surface area contributed by atoms with Gasteiger partial charge >= 0.3 is 0 Å². The highest BCUT2D eigenvalue weighted by Crippen LogP contribution is 2.43. The lowest BCUT2D eigenvalue weighted by molar-refractivity contribution is -0.135. The van der Waals surface area contributed by atoms with Gasteiger partial charge in [-0.05, 0) is 105 Å². The second kappa shape index (κ2) is 16.4. The van der Waals surface area contributed by atoms with E-state index in [2.05, 4.69) is 41.2 Å². The Hall–Kier alpha value is -6.03. The molecule has 6 aliphatic heterocycles. The Morgan fingerprint density at radius 1 is 0.836 bits per heavy atom. The van der Waals surface area contributed by atoms with Gasteiger partial charge in [0.2, 0.25) is 23.7 Å². The van der Waals surface area contributed by atoms with Crippen molar-refractivity contribution >= 4 is 40.9 Å². The number of phenols is 1. The molecule has 2 bridgehead atoms. The third-order valence-corrected chi connectivity index (χ3v) is 13.9. The van der Waals surface area contributed by atoms with Gasteiger partial charge in [0.15, 0.2) is 5.82 Å². The van der Waals surface area contributed by atoms with Crippen LogP contribution in [0.15, 0.2) is 60.9 Å². The summed E-state index contributed by atoms with van der Waals surface area (Å²) in [6.07, 6.45) is 10.6. The average Bonchev–Trinajstić information content (AvgIpc) is 3.55. The number of rotatable bonds is 8. The van der Waals surface area contributed by atoms with Crippen LogP contribution in [-0.4, -0.2) is 130 Å². The highest BCUT2D eigenvalue weighted by Gasteiger charge is 2.42. The van der Waals surface area contributed by atoms with Gasteiger partial charge in [-0.2, -0.15) is 0 Å². The Labute approximate surface area is 355 Å². The number of carbonyl (C=O) groups excluding carboxylic acids is 3. The zero-order valence-electron chi connectivity index (χ0n) is 34.4. The van der Waals surface area contributed by atoms with E-state index in [1.54, 1.807) is 12.1 Å². The fraction of sp³-hybridized carbons (Fsp3) is 0.489. The van der Waals surface area contributed by atoms with Gasteiger partial charge in [0.25, 0.3) is 0 Å². The minimum atomic E-state index is -0.372. The van der Waals surface area contributed by atoms with Gasteiger partial charge in [-0.25, -0.2) is 9.97 Å². The molecule has 4 N–H and O–H groups in total. The number of imide groups is 1. The number of amides is 3. The number of piperidine rings is 3. The third-order valence-electron chi connectivity index (χ3n) is 13.9. The Morgan fingerprint density at radius 2 is 1.57 bits per heavy atom. The quantitative estimate of drug-likeness (QED) is 0.219. The van der Waals surface area contributed by atoms with E-state index in [0.717, 1.165) is 106 Å². The standard InChI is InChI=1S/C45H53N11O5/c46-43-38(22-35(50-51-43)34-4-1-2-7-39(34)57)54-25-31-8-9-32(26-54)56(31)45-47-23-30(24-48-45)28-14-18-53(19-15-28)41(59)27-52-16-12-29(13-17-52)33-5-3-6-36-42(33)61-21-20-55(36)37-10-11-40(58)49-44(37)60/h1-7,22-24,28-29,31-32,37,57H,8-21,25-27H2,(H2,46,51)(H,49,58,60)/t31-,32+,37-/m0/s1. The highest BCUT2D eigenvalue weighted by atomic mass is 16.5. The second-order valence-corrected chi connectivity index (χ2v) is 17.4. The smallest absolute Gasteiger partial charge is 0.249 e. The van der Waals surface area contributed by atoms with Gasteiger partial charge in [0, 0.05) is 62.6 Å². The molecule has 0 saturated carbocycles. The zero-order valence-corrected chi connectivity index (χ0v) is 34.4. The fourth-order valence-electron chi connectivity index (χ4n) is 10.6. The van der Waals surface area contributed by atoms with E-state index >= 15 is 0 Å². The van der Waals surface area contributed by atoms with Crippen molar-refractivity contribution < 1.29 is 24.2 Å². The van der Waals surface area contributed by atoms with Gasteiger partial charge in [-0.15, -0.1) is 10.2 Å². The van der Waals surface area contributed by atoms with Crippen LogP contribution in [0, 0.1) is 0 Å². The lowest BCUT2D eigenvalue weighted by atomic mass is 9.87. The van der Waals surface area contributed by atoms with Crippen molar-refractivity contribution in [2.45, 2.75) is 81.3 Å². The fourth-order valence-corrected chi connectivity index (χ4v) is 10.6. The number of nitrogens with zero attached hydrogens (tertiary/aromatic N) is 9. The molecule has 5 saturated heterocycles. The number of likely N-dealkylation sites (tertiary alicyclic amines) is 2. The zero-order chi connectivity index (χ0) is 41.6. The number of carbonyl (C=O) groups is 3. The van der Waals surface area contributed by atoms with E-state index < -0.39 is 0 Å². The predicted molar refractivity (Wildman–Crippen MR) is 230 cm³/mol. The van der Waals surface area contributed by atoms with Gasteiger partial charge in [-0.3, -0.25) is 24.6 Å². The van der Waals surface area contributed by atoms with Gasteiger partial charge < -0.3 is 35.2 Å². The topological polar surface area (TPSA) is 186 Å². The van der Waals surface area contributed by atoms with E-state index in [1.165, 1.54) is 5.56 Å². The minimum absolute atomic E-state index is 0.156. The number of hydrogen-bond donors (Lipinski definition) is 3. The maximum absolute atomic E-state index is 13.5. The summed E-state index contributed by atoms with van der Waals surface area (Å²) in [6, 6.07) is 15.4. The molecule has 16 heteroatoms. The summed E-state index contributed by atoms with van der Waals surface area (Å²) in [5.74, 6) is 2.52. The molecule has 4 aromatic rings. The molecule has 0 aliphatic carbocycles. The van der Waals surface area contributed by atoms with E-state index in [1.807, 2.05) is 47.6 Å². The molecule has 6 aliphatic rings. The van der Waals surface area contributed by atoms with Crippen LogP contribution in [0.3, 0.4) is 0 Å². The van der Waals surface area contributed by atoms with Crippen molar-refractivity contribution in [2.24, 2.45) is 0 Å². The molecule has 0 spiro atoms. The second-order valence-electron chi connectivity index (χ2n) is 17.4. The predicted octanol–water partition coefficient (Wildman–Crippen LogP) is 3.67. The van der Waals surface area contributed by atoms with Crippen molar-refractivity contribution in [3.05, 3.63) is 72.1 Å². The monoisotopic (exact) mass is 827 g/mol. The van der Waals surface area contributed by atoms with Gasteiger partial charge in [-0.1, -0.05) is 24.3 Å². The molecule has 0 radical (unpaired) electrons. The highest BCUT2D eigenvalue weighted by molar-refractivity contribution is 6.02. The Morgan fingerprint density at radius 3 is 2.31 bits per heavy atom. The maximum Gasteiger partial charge on any atom is 0.249 e. The normalized spacial score (nSPS) is 23.8. The van der Waals surface area contributed by atoms with Crippen LogP contribution in [0.25, 0.3) is 11.3 Å². The molecule has 3 amide bonds. The molecule has 3 atom stereocenters. The number of nitrogens with one attached hydrogen (secondary N) is 1. The third kappa shape index (κ3) is 7.66. The molecule has 2 aromatic carbocycles. The summed E-state index contributed by atoms with van der Waals surface area (Å²) in [5, 5.41) is 21.4. The molecular formula is C45H53N11O5. The summed E-state index contributed by atoms with van der Waals surface area (Å²) < 4.78 is 6.24. The van der Waals surface area contributed by atoms with Crippen molar-refractivity contribution in [1.82, 2.24) is 35.3 Å². The maximum atomic E-state index is 13.5. The summed E-state index contributed by atoms with van der Waals surface area (Å²) in [6.45, 7) is 6.18. The number of hydrogen-bond acceptors (Lipinski definition) is 14. The lowest BCUT2D eigenvalue weighted by Gasteiger charge is -2.42. The number of piperazine rings is 1. The number of fused-ring (bicyclic) bond motifs is 3. The average molecular weight is 828 g/mol. The van der Waals surface area contributed by atoms with Crippen LogP contribution in [0.4, 0.5) is 23.1 Å². The number of anilines is 4. The number of benzene rings is 2. The van der Waals surface area contributed by atoms with E-state index in [4.69, 9.17) is 20.4 Å². The SMILES string of the molecule is Nc1nnc(-c2ccccc2O)cc1N1C[C@H]2CC[C@@H](C1)N2c1ncc(C2CCN(C(=O)CN3CCC(c4cccc5c4OCCN5[C@H]4CCC(=O)NC4=O)CC3)CC2)cn1. The van der Waals surface area contributed by atoms with E-state index in [9.17, 15) is 19.5 Å². The largest absolute Gasteiger partial charge is 0.507 e. The van der Waals surface area contributed by atoms with Crippen molar-refractivity contribution in [3.63, 3.8) is 0 Å². The van der Waals surface area contributed by atoms with Crippen molar-refractivity contribution in [3.8, 4) is 22.8 Å². The molecule has 0 unspecified atom stereocenters. The lowest BCUT2D eigenvalue weighted by Crippen LogP contribution is -2.54. The molecule has 2 aromatic heterocycles. The first kappa shape index (κ1) is 39.1. The summed E-state index contributed by atoms with van der Waals surface area (Å²) in [4.78, 5) is 58.9. The van der Waals surface area contributed by atoms with Crippen LogP contribution in [0.5, 0.6) is 11.5 Å². The van der Waals surface area contributed by atoms with Crippen LogP contribution in [0.1, 0.15) is 74.3 Å². The molecule has 8 heterocycles. The Bertz CT molecular complexity index is 2280. The van der Waals surface area contributed by atoms with Crippen molar-refractivity contribution in [1.29, 1.82) is 0 Å². The minimum Gasteiger partial charge on any atom is -0.507 e. The first-order valence-electron chi connectivity index (χ1n) is 21.9. The molecule has 61 heavy (non-hydrogen) atoms. The van der Waals surface area contributed by atoms with Crippen molar-refractivity contribution in [2.75, 3.05) is 79.4 Å². The first-order chi connectivity index (χ1) is 29.8. The Kier molecular flexibility index (Phi) is 10.5. The molecule has 5 fully saturated rings. The molecular weight excluding hydrogens is 775 g/mol. The van der Waals surface area contributed by atoms with E-state index in [-0.39, 0.29) is 41.6 Å². The number of phenolic OH excluding ortho intramolecular Hbond substituents is 1. The van der Waals surface area contributed by atoms with Gasteiger partial charge in [0.05, 0.1) is 30.2 Å². The first-order valence-corrected chi connectivity index (χ1v) is 21.9. The van der Waals surface area contributed by atoms with E-state index in [0.29, 0.717) is 61.4 Å². The number of nitrogen functional groups attached to an aromatic ring is 1. The van der Waals surface area contributed by atoms with Crippen LogP contribution < -0.4 is 30.5 Å². The molecule has 16 nitrogen and oxygen atoms in total. The van der Waals surface area contributed by atoms with Gasteiger partial charge in [0.1, 0.15) is 24.1 Å². The molecule has 318 valence electrons. The number of aromatic hydroxyl groups is 1. The number of aromatic nitrogens is 4. The van der Waals surface area contributed by atoms with Crippen LogP contribution in [0.2, 0.25) is 0 Å². The number of ether oxygens (including phenoxy) is 1. The van der Waals surface area contributed by atoms with Crippen LogP contribution >= 0.6 is 0 Å². The molecule has 10 rings (SSSR count).